The standard InChI is InChI=1S/C47H34N2O7S/c50-57(51,52)45-21-20-42(37-17-7-8-18-38(37)45)54-25-23-49-40-27-33-12-2-4-14-35(33)29-44(40)56-47(49)30-46-48(39-26-32-11-1-3-13-34(32)28-43(39)55-46)22-24-53-41-19-9-15-31-10-5-6-16-36(31)41/h1-21,26-30H,22-25H2. The van der Waals surface area contributed by atoms with Crippen LogP contribution in [0.2, 0.25) is 0 Å². The first-order chi connectivity index (χ1) is 27.9. The maximum atomic E-state index is 12.0. The molecule has 0 atom stereocenters. The number of aromatic nitrogens is 1. The lowest BCUT2D eigenvalue weighted by Crippen LogP contribution is -2.38. The van der Waals surface area contributed by atoms with Crippen LogP contribution < -0.4 is 23.7 Å². The number of fused-ring (bicyclic) bond motifs is 6. The number of anilines is 1. The second-order valence-corrected chi connectivity index (χ2v) is 15.2. The molecule has 1 aliphatic heterocycles. The predicted octanol–water partition coefficient (Wildman–Crippen LogP) is 9.59. The van der Waals surface area contributed by atoms with Gasteiger partial charge in [-0.3, -0.25) is 0 Å². The molecule has 0 saturated carbocycles. The second-order valence-electron chi connectivity index (χ2n) is 13.9. The van der Waals surface area contributed by atoms with Crippen molar-refractivity contribution in [3.8, 4) is 17.2 Å². The zero-order chi connectivity index (χ0) is 38.5. The van der Waals surface area contributed by atoms with E-state index in [4.69, 9.17) is 18.6 Å². The molecule has 0 unspecified atom stereocenters. The Bertz CT molecular complexity index is 3170. The fraction of sp³-hybridized carbons (Fsp3) is 0.0851. The summed E-state index contributed by atoms with van der Waals surface area (Å²) in [6, 6.07) is 48.6. The molecule has 10 heteroatoms. The third-order valence-electron chi connectivity index (χ3n) is 10.5. The van der Waals surface area contributed by atoms with Crippen molar-refractivity contribution in [3.63, 3.8) is 0 Å². The fourth-order valence-electron chi connectivity index (χ4n) is 7.76. The average Bonchev–Trinajstić information content (AvgIpc) is 3.73. The molecule has 57 heavy (non-hydrogen) atoms. The van der Waals surface area contributed by atoms with Gasteiger partial charge in [0.2, 0.25) is 11.5 Å². The molecular formula is C47H34N2O7S. The zero-order valence-corrected chi connectivity index (χ0v) is 31.3. The quantitative estimate of drug-likeness (QED) is 0.100. The Morgan fingerprint density at radius 1 is 0.632 bits per heavy atom. The summed E-state index contributed by atoms with van der Waals surface area (Å²) in [4.78, 5) is 1.78. The Balaban J connectivity index is 1.02. The van der Waals surface area contributed by atoms with E-state index in [1.54, 1.807) is 24.3 Å². The molecule has 1 aromatic heterocycles. The van der Waals surface area contributed by atoms with Gasteiger partial charge in [0.05, 0.1) is 17.1 Å². The van der Waals surface area contributed by atoms with Gasteiger partial charge in [-0.1, -0.05) is 109 Å². The molecule has 10 rings (SSSR count). The first-order valence-electron chi connectivity index (χ1n) is 18.6. The number of benzene rings is 8. The molecule has 0 aliphatic carbocycles. The van der Waals surface area contributed by atoms with Gasteiger partial charge in [0.25, 0.3) is 5.52 Å². The fourth-order valence-corrected chi connectivity index (χ4v) is 8.44. The van der Waals surface area contributed by atoms with Crippen LogP contribution in [0.5, 0.6) is 17.2 Å². The van der Waals surface area contributed by atoms with Crippen LogP contribution in [-0.2, 0) is 16.7 Å². The van der Waals surface area contributed by atoms with Crippen molar-refractivity contribution in [1.29, 1.82) is 0 Å². The van der Waals surface area contributed by atoms with E-state index in [1.807, 2.05) is 60.7 Å². The van der Waals surface area contributed by atoms with E-state index >= 15 is 0 Å². The minimum Gasteiger partial charge on any atom is -0.744 e. The molecule has 9 aromatic rings. The van der Waals surface area contributed by atoms with Gasteiger partial charge in [-0.15, -0.1) is 0 Å². The average molecular weight is 771 g/mol. The highest BCUT2D eigenvalue weighted by molar-refractivity contribution is 7.86. The summed E-state index contributed by atoms with van der Waals surface area (Å²) in [5, 5.41) is 7.29. The molecule has 2 heterocycles. The molecule has 0 radical (unpaired) electrons. The van der Waals surface area contributed by atoms with Crippen molar-refractivity contribution < 1.29 is 36.2 Å². The Hall–Kier alpha value is -6.88. The van der Waals surface area contributed by atoms with Crippen molar-refractivity contribution in [3.05, 3.63) is 163 Å². The van der Waals surface area contributed by atoms with Crippen LogP contribution in [0, 0.1) is 0 Å². The highest BCUT2D eigenvalue weighted by Gasteiger charge is 2.31. The molecule has 280 valence electrons. The number of oxazole rings is 1. The van der Waals surface area contributed by atoms with Crippen LogP contribution in [0.25, 0.3) is 60.3 Å². The van der Waals surface area contributed by atoms with Crippen LogP contribution in [-0.4, -0.2) is 32.7 Å². The van der Waals surface area contributed by atoms with Gasteiger partial charge in [-0.25, -0.2) is 8.42 Å². The zero-order valence-electron chi connectivity index (χ0n) is 30.5. The molecular weight excluding hydrogens is 737 g/mol. The smallest absolute Gasteiger partial charge is 0.379 e. The summed E-state index contributed by atoms with van der Waals surface area (Å²) < 4.78 is 64.2. The predicted molar refractivity (Wildman–Crippen MR) is 221 cm³/mol. The van der Waals surface area contributed by atoms with E-state index < -0.39 is 10.1 Å². The Kier molecular flexibility index (Phi) is 8.50. The number of hydrogen-bond donors (Lipinski definition) is 0. The van der Waals surface area contributed by atoms with Gasteiger partial charge >= 0.3 is 5.89 Å². The molecule has 0 fully saturated rings. The van der Waals surface area contributed by atoms with E-state index in [-0.39, 0.29) is 11.5 Å². The van der Waals surface area contributed by atoms with Gasteiger partial charge in [-0.2, -0.15) is 4.57 Å². The topological polar surface area (TPSA) is 105 Å². The van der Waals surface area contributed by atoms with E-state index in [0.29, 0.717) is 53.7 Å². The Morgan fingerprint density at radius 2 is 1.25 bits per heavy atom. The molecule has 0 saturated heterocycles. The highest BCUT2D eigenvalue weighted by atomic mass is 32.2. The van der Waals surface area contributed by atoms with E-state index in [9.17, 15) is 13.0 Å². The van der Waals surface area contributed by atoms with E-state index in [0.717, 1.165) is 54.9 Å². The number of rotatable bonds is 10. The molecule has 9 nitrogen and oxygen atoms in total. The maximum absolute atomic E-state index is 12.0. The second kappa shape index (κ2) is 14.0. The SMILES string of the molecule is O=S(=O)([O-])c1ccc(OCCN2C(=Cc3oc4cc5ccccc5cc4[n+]3CCOc3cccc4ccccc34)Oc3cc4ccccc4cc32)c2ccccc12. The lowest BCUT2D eigenvalue weighted by molar-refractivity contribution is -0.678. The Labute approximate surface area is 327 Å². The highest BCUT2D eigenvalue weighted by Crippen LogP contribution is 2.42. The minimum absolute atomic E-state index is 0.213. The van der Waals surface area contributed by atoms with Gasteiger partial charge in [0, 0.05) is 22.2 Å². The summed E-state index contributed by atoms with van der Waals surface area (Å²) in [6.07, 6.45) is 1.91. The third-order valence-corrected chi connectivity index (χ3v) is 11.3. The maximum Gasteiger partial charge on any atom is 0.379 e. The van der Waals surface area contributed by atoms with E-state index in [2.05, 4.69) is 70.1 Å². The molecule has 8 aromatic carbocycles. The van der Waals surface area contributed by atoms with Crippen molar-refractivity contribution in [2.75, 3.05) is 24.7 Å². The first-order valence-corrected chi connectivity index (χ1v) is 20.0. The lowest BCUT2D eigenvalue weighted by atomic mass is 10.1. The van der Waals surface area contributed by atoms with Crippen LogP contribution in [0.15, 0.2) is 167 Å². The lowest BCUT2D eigenvalue weighted by Gasteiger charge is -2.19. The molecule has 0 bridgehead atoms. The van der Waals surface area contributed by atoms with Crippen LogP contribution >= 0.6 is 0 Å². The normalized spacial score (nSPS) is 13.6. The molecule has 1 aliphatic rings. The summed E-state index contributed by atoms with van der Waals surface area (Å²) in [5.41, 5.74) is 2.53. The molecule has 0 N–H and O–H groups in total. The van der Waals surface area contributed by atoms with Crippen LogP contribution in [0.4, 0.5) is 5.69 Å². The van der Waals surface area contributed by atoms with Gasteiger partial charge in [0.15, 0.2) is 12.3 Å². The summed E-state index contributed by atoms with van der Waals surface area (Å²) in [7, 11) is -4.68. The van der Waals surface area contributed by atoms with Crippen molar-refractivity contribution in [2.24, 2.45) is 0 Å². The van der Waals surface area contributed by atoms with Crippen molar-refractivity contribution in [2.45, 2.75) is 11.4 Å². The van der Waals surface area contributed by atoms with Gasteiger partial charge in [0.1, 0.15) is 40.9 Å². The molecule has 0 spiro atoms. The van der Waals surface area contributed by atoms with Crippen LogP contribution in [0.3, 0.4) is 0 Å². The van der Waals surface area contributed by atoms with Crippen molar-refractivity contribution in [1.82, 2.24) is 0 Å². The number of hydrogen-bond acceptors (Lipinski definition) is 8. The molecule has 0 amide bonds. The minimum atomic E-state index is -4.68. The van der Waals surface area contributed by atoms with Crippen LogP contribution in [0.1, 0.15) is 5.89 Å². The summed E-state index contributed by atoms with van der Waals surface area (Å²) >= 11 is 0. The van der Waals surface area contributed by atoms with Crippen molar-refractivity contribution >= 4 is 76.1 Å². The Morgan fingerprint density at radius 3 is 2.02 bits per heavy atom. The number of nitrogens with zero attached hydrogens (tertiary/aromatic N) is 2. The third kappa shape index (κ3) is 6.44. The summed E-state index contributed by atoms with van der Waals surface area (Å²) in [6.45, 7) is 1.47. The van der Waals surface area contributed by atoms with Gasteiger partial charge in [-0.05, 0) is 63.3 Å². The summed E-state index contributed by atoms with van der Waals surface area (Å²) in [5.74, 6) is 3.12. The first kappa shape index (κ1) is 34.6. The van der Waals surface area contributed by atoms with E-state index in [1.165, 1.54) is 12.1 Å². The van der Waals surface area contributed by atoms with Gasteiger partial charge < -0.3 is 28.1 Å². The number of ether oxygens (including phenoxy) is 3. The largest absolute Gasteiger partial charge is 0.744 e. The monoisotopic (exact) mass is 770 g/mol.